The SMILES string of the molecule is Cc1nnc(COc2ccccc2S(N)(=O)=O)o1. The molecule has 0 bridgehead atoms. The zero-order chi connectivity index (χ0) is 13.2. The van der Waals surface area contributed by atoms with Crippen LogP contribution in [0.4, 0.5) is 0 Å². The van der Waals surface area contributed by atoms with Crippen molar-refractivity contribution in [1.82, 2.24) is 10.2 Å². The lowest BCUT2D eigenvalue weighted by molar-refractivity contribution is 0.254. The van der Waals surface area contributed by atoms with E-state index in [0.29, 0.717) is 5.89 Å². The minimum atomic E-state index is -3.82. The third-order valence-corrected chi connectivity index (χ3v) is 3.03. The molecule has 2 N–H and O–H groups in total. The van der Waals surface area contributed by atoms with Crippen LogP contribution in [0, 0.1) is 6.92 Å². The highest BCUT2D eigenvalue weighted by atomic mass is 32.2. The van der Waals surface area contributed by atoms with Crippen LogP contribution in [0.15, 0.2) is 33.6 Å². The lowest BCUT2D eigenvalue weighted by Gasteiger charge is -2.07. The van der Waals surface area contributed by atoms with E-state index in [2.05, 4.69) is 10.2 Å². The van der Waals surface area contributed by atoms with Gasteiger partial charge in [-0.2, -0.15) is 0 Å². The summed E-state index contributed by atoms with van der Waals surface area (Å²) in [4.78, 5) is -0.0822. The summed E-state index contributed by atoms with van der Waals surface area (Å²) < 4.78 is 33.0. The number of benzene rings is 1. The highest BCUT2D eigenvalue weighted by molar-refractivity contribution is 7.89. The van der Waals surface area contributed by atoms with Gasteiger partial charge in [0.15, 0.2) is 6.61 Å². The Kier molecular flexibility index (Phi) is 3.30. The topological polar surface area (TPSA) is 108 Å². The molecule has 0 saturated carbocycles. The van der Waals surface area contributed by atoms with Crippen molar-refractivity contribution in [3.8, 4) is 5.75 Å². The van der Waals surface area contributed by atoms with E-state index in [4.69, 9.17) is 14.3 Å². The summed E-state index contributed by atoms with van der Waals surface area (Å²) >= 11 is 0. The van der Waals surface area contributed by atoms with Crippen LogP contribution in [0.5, 0.6) is 5.75 Å². The number of para-hydroxylation sites is 1. The number of primary sulfonamides is 1. The molecule has 0 aliphatic rings. The van der Waals surface area contributed by atoms with Crippen molar-refractivity contribution in [2.45, 2.75) is 18.4 Å². The molecule has 0 unspecified atom stereocenters. The van der Waals surface area contributed by atoms with Crippen molar-refractivity contribution in [2.24, 2.45) is 5.14 Å². The molecule has 0 atom stereocenters. The number of rotatable bonds is 4. The molecule has 0 amide bonds. The maximum Gasteiger partial charge on any atom is 0.253 e. The van der Waals surface area contributed by atoms with Gasteiger partial charge in [-0.25, -0.2) is 13.6 Å². The van der Waals surface area contributed by atoms with Gasteiger partial charge in [0.25, 0.3) is 5.89 Å². The lowest BCUT2D eigenvalue weighted by atomic mass is 10.3. The van der Waals surface area contributed by atoms with Gasteiger partial charge in [0, 0.05) is 6.92 Å². The van der Waals surface area contributed by atoms with Gasteiger partial charge in [-0.15, -0.1) is 10.2 Å². The smallest absolute Gasteiger partial charge is 0.253 e. The molecule has 7 nitrogen and oxygen atoms in total. The van der Waals surface area contributed by atoms with E-state index in [9.17, 15) is 8.42 Å². The number of nitrogens with zero attached hydrogens (tertiary/aromatic N) is 2. The third kappa shape index (κ3) is 2.84. The molecule has 0 spiro atoms. The van der Waals surface area contributed by atoms with Crippen LogP contribution in [-0.2, 0) is 16.6 Å². The molecule has 0 saturated heterocycles. The molecular weight excluding hydrogens is 258 g/mol. The third-order valence-electron chi connectivity index (χ3n) is 2.07. The van der Waals surface area contributed by atoms with E-state index in [-0.39, 0.29) is 23.1 Å². The van der Waals surface area contributed by atoms with E-state index < -0.39 is 10.0 Å². The predicted octanol–water partition coefficient (Wildman–Crippen LogP) is 0.604. The van der Waals surface area contributed by atoms with Gasteiger partial charge in [-0.1, -0.05) is 12.1 Å². The standard InChI is InChI=1S/C10H11N3O4S/c1-7-12-13-10(17-7)6-16-8-4-2-3-5-9(8)18(11,14)15/h2-5H,6H2,1H3,(H2,11,14,15). The Balaban J connectivity index is 2.20. The molecule has 2 aromatic rings. The second kappa shape index (κ2) is 4.75. The first-order valence-electron chi connectivity index (χ1n) is 5.00. The van der Waals surface area contributed by atoms with Crippen LogP contribution >= 0.6 is 0 Å². The van der Waals surface area contributed by atoms with Crippen molar-refractivity contribution in [1.29, 1.82) is 0 Å². The number of ether oxygens (including phenoxy) is 1. The van der Waals surface area contributed by atoms with Crippen molar-refractivity contribution in [3.05, 3.63) is 36.0 Å². The average Bonchev–Trinajstić information content (AvgIpc) is 2.72. The van der Waals surface area contributed by atoms with Crippen LogP contribution < -0.4 is 9.88 Å². The van der Waals surface area contributed by atoms with E-state index in [0.717, 1.165) is 0 Å². The number of sulfonamides is 1. The maximum atomic E-state index is 11.3. The summed E-state index contributed by atoms with van der Waals surface area (Å²) in [5, 5.41) is 12.4. The number of hydrogen-bond donors (Lipinski definition) is 1. The second-order valence-electron chi connectivity index (χ2n) is 3.50. The lowest BCUT2D eigenvalue weighted by Crippen LogP contribution is -2.13. The van der Waals surface area contributed by atoms with Crippen LogP contribution in [0.25, 0.3) is 0 Å². The Morgan fingerprint density at radius 1 is 1.33 bits per heavy atom. The fraction of sp³-hybridized carbons (Fsp3) is 0.200. The Morgan fingerprint density at radius 2 is 2.06 bits per heavy atom. The Labute approximate surface area is 104 Å². The molecule has 8 heteroatoms. The highest BCUT2D eigenvalue weighted by Gasteiger charge is 2.15. The van der Waals surface area contributed by atoms with Crippen LogP contribution in [0.3, 0.4) is 0 Å². The molecule has 1 aromatic heterocycles. The summed E-state index contributed by atoms with van der Waals surface area (Å²) in [6.45, 7) is 1.63. The van der Waals surface area contributed by atoms with Gasteiger partial charge in [0.2, 0.25) is 15.9 Å². The number of hydrogen-bond acceptors (Lipinski definition) is 6. The monoisotopic (exact) mass is 269 g/mol. The molecule has 0 aliphatic carbocycles. The number of nitrogens with two attached hydrogens (primary N) is 1. The normalized spacial score (nSPS) is 11.4. The first kappa shape index (κ1) is 12.5. The minimum absolute atomic E-state index is 0.0205. The molecule has 96 valence electrons. The van der Waals surface area contributed by atoms with Gasteiger partial charge in [0.05, 0.1) is 0 Å². The van der Waals surface area contributed by atoms with E-state index >= 15 is 0 Å². The van der Waals surface area contributed by atoms with Gasteiger partial charge in [-0.3, -0.25) is 0 Å². The highest BCUT2D eigenvalue weighted by Crippen LogP contribution is 2.22. The minimum Gasteiger partial charge on any atom is -0.482 e. The molecule has 0 aliphatic heterocycles. The summed E-state index contributed by atoms with van der Waals surface area (Å²) in [6.07, 6.45) is 0. The largest absolute Gasteiger partial charge is 0.482 e. The van der Waals surface area contributed by atoms with Crippen LogP contribution in [0.1, 0.15) is 11.8 Å². The molecule has 1 heterocycles. The Bertz CT molecular complexity index is 651. The van der Waals surface area contributed by atoms with Gasteiger partial charge < -0.3 is 9.15 Å². The van der Waals surface area contributed by atoms with Crippen molar-refractivity contribution >= 4 is 10.0 Å². The fourth-order valence-corrected chi connectivity index (χ4v) is 2.02. The Hall–Kier alpha value is -1.93. The maximum absolute atomic E-state index is 11.3. The molecule has 0 fully saturated rings. The van der Waals surface area contributed by atoms with Crippen LogP contribution in [-0.4, -0.2) is 18.6 Å². The van der Waals surface area contributed by atoms with E-state index in [1.54, 1.807) is 19.1 Å². The molecule has 1 aromatic carbocycles. The molecular formula is C10H11N3O4S. The summed E-state index contributed by atoms with van der Waals surface area (Å²) in [5.41, 5.74) is 0. The zero-order valence-corrected chi connectivity index (χ0v) is 10.3. The average molecular weight is 269 g/mol. The summed E-state index contributed by atoms with van der Waals surface area (Å²) in [6, 6.07) is 6.07. The second-order valence-corrected chi connectivity index (χ2v) is 5.03. The Morgan fingerprint density at radius 3 is 2.67 bits per heavy atom. The molecule has 18 heavy (non-hydrogen) atoms. The van der Waals surface area contributed by atoms with Crippen LogP contribution in [0.2, 0.25) is 0 Å². The fourth-order valence-electron chi connectivity index (χ4n) is 1.34. The van der Waals surface area contributed by atoms with Crippen molar-refractivity contribution in [3.63, 3.8) is 0 Å². The van der Waals surface area contributed by atoms with Gasteiger partial charge in [0.1, 0.15) is 10.6 Å². The summed E-state index contributed by atoms with van der Waals surface area (Å²) in [7, 11) is -3.82. The van der Waals surface area contributed by atoms with Crippen molar-refractivity contribution in [2.75, 3.05) is 0 Å². The predicted molar refractivity (Wildman–Crippen MR) is 61.2 cm³/mol. The first-order chi connectivity index (χ1) is 8.47. The van der Waals surface area contributed by atoms with Crippen molar-refractivity contribution < 1.29 is 17.6 Å². The summed E-state index contributed by atoms with van der Waals surface area (Å²) in [5.74, 6) is 0.820. The van der Waals surface area contributed by atoms with Gasteiger partial charge >= 0.3 is 0 Å². The molecule has 0 radical (unpaired) electrons. The number of aromatic nitrogens is 2. The van der Waals surface area contributed by atoms with Gasteiger partial charge in [-0.05, 0) is 12.1 Å². The van der Waals surface area contributed by atoms with E-state index in [1.807, 2.05) is 0 Å². The molecule has 2 rings (SSSR count). The van der Waals surface area contributed by atoms with E-state index in [1.165, 1.54) is 12.1 Å². The quantitative estimate of drug-likeness (QED) is 0.870. The zero-order valence-electron chi connectivity index (χ0n) is 9.53. The number of aryl methyl sites for hydroxylation is 1. The first-order valence-corrected chi connectivity index (χ1v) is 6.55.